The zero-order valence-electron chi connectivity index (χ0n) is 18.3. The molecule has 0 N–H and O–H groups in total. The molecule has 26 heavy (non-hydrogen) atoms. The van der Waals surface area contributed by atoms with Crippen LogP contribution < -0.4 is 0 Å². The zero-order chi connectivity index (χ0) is 20.5. The average Bonchev–Trinajstić information content (AvgIpc) is 2.45. The predicted octanol–water partition coefficient (Wildman–Crippen LogP) is 5.27. The van der Waals surface area contributed by atoms with Crippen LogP contribution in [0.25, 0.3) is 0 Å². The Morgan fingerprint density at radius 2 is 1.12 bits per heavy atom. The van der Waals surface area contributed by atoms with E-state index in [4.69, 9.17) is 0 Å². The molecule has 0 atom stereocenters. The van der Waals surface area contributed by atoms with Crippen LogP contribution in [0.1, 0.15) is 97.8 Å². The number of unbranched alkanes of at least 4 members (excludes halogenated alkanes) is 11. The Hall–Kier alpha value is -0.170. The van der Waals surface area contributed by atoms with Crippen molar-refractivity contribution >= 4 is 10.4 Å². The lowest BCUT2D eigenvalue weighted by atomic mass is 10.1. The summed E-state index contributed by atoms with van der Waals surface area (Å²) in [4.78, 5) is 0. The molecule has 0 bridgehead atoms. The fraction of sp³-hybridized carbons (Fsp3) is 1.00. The van der Waals surface area contributed by atoms with Crippen molar-refractivity contribution in [3.05, 3.63) is 0 Å². The van der Waals surface area contributed by atoms with Crippen LogP contribution >= 0.6 is 0 Å². The van der Waals surface area contributed by atoms with E-state index in [9.17, 15) is 13.0 Å². The number of rotatable bonds is 15. The highest BCUT2D eigenvalue weighted by atomic mass is 32.3. The van der Waals surface area contributed by atoms with Gasteiger partial charge in [0, 0.05) is 0 Å². The molecular weight excluding hydrogens is 350 g/mol. The maximum Gasteiger partial charge on any atom is 0.217 e. The fourth-order valence-corrected chi connectivity index (χ4v) is 3.13. The molecule has 0 rings (SSSR count). The van der Waals surface area contributed by atoms with Crippen molar-refractivity contribution in [3.8, 4) is 0 Å². The van der Waals surface area contributed by atoms with Crippen molar-refractivity contribution in [1.29, 1.82) is 0 Å². The Morgan fingerprint density at radius 1 is 0.769 bits per heavy atom. The molecular formula is C20H45NO4S. The van der Waals surface area contributed by atoms with Gasteiger partial charge in [0.15, 0.2) is 0 Å². The summed E-state index contributed by atoms with van der Waals surface area (Å²) in [5.74, 6) is 0. The van der Waals surface area contributed by atoms with Crippen LogP contribution in [0.5, 0.6) is 0 Å². The van der Waals surface area contributed by atoms with E-state index in [1.54, 1.807) is 0 Å². The number of nitrogens with zero attached hydrogens (tertiary/aromatic N) is 1. The molecule has 0 spiro atoms. The molecule has 0 aromatic carbocycles. The third-order valence-corrected chi connectivity index (χ3v) is 4.61. The molecule has 0 aliphatic rings. The Labute approximate surface area is 164 Å². The Balaban J connectivity index is 0. The smallest absolute Gasteiger partial charge is 0.217 e. The highest BCUT2D eigenvalue weighted by Gasteiger charge is 2.04. The summed E-state index contributed by atoms with van der Waals surface area (Å²) in [7, 11) is 2.40. The molecule has 160 valence electrons. The maximum absolute atomic E-state index is 9.66. The van der Waals surface area contributed by atoms with Crippen molar-refractivity contribution in [3.63, 3.8) is 0 Å². The molecule has 0 aromatic rings. The minimum Gasteiger partial charge on any atom is -0.726 e. The van der Waals surface area contributed by atoms with Crippen LogP contribution in [0.15, 0.2) is 0 Å². The van der Waals surface area contributed by atoms with Crippen LogP contribution in [-0.2, 0) is 14.6 Å². The van der Waals surface area contributed by atoms with Gasteiger partial charge in [0.2, 0.25) is 10.4 Å². The minimum absolute atomic E-state index is 0.558. The molecule has 0 saturated heterocycles. The van der Waals surface area contributed by atoms with E-state index in [1.165, 1.54) is 97.4 Å². The monoisotopic (exact) mass is 395 g/mol. The van der Waals surface area contributed by atoms with Gasteiger partial charge in [-0.2, -0.15) is 0 Å². The predicted molar refractivity (Wildman–Crippen MR) is 110 cm³/mol. The molecule has 0 heterocycles. The van der Waals surface area contributed by atoms with E-state index < -0.39 is 16.5 Å². The molecule has 0 aliphatic carbocycles. The summed E-state index contributed by atoms with van der Waals surface area (Å²) in [5, 5.41) is 0. The van der Waals surface area contributed by atoms with Crippen molar-refractivity contribution in [2.45, 2.75) is 104 Å². The second-order valence-electron chi connectivity index (χ2n) is 8.46. The van der Waals surface area contributed by atoms with E-state index in [0.717, 1.165) is 4.48 Å². The third-order valence-electron chi connectivity index (χ3n) is 3.99. The van der Waals surface area contributed by atoms with Gasteiger partial charge in [-0.05, 0) is 26.7 Å². The molecule has 0 unspecified atom stereocenters. The van der Waals surface area contributed by atoms with E-state index >= 15 is 0 Å². The summed E-state index contributed by atoms with van der Waals surface area (Å²) < 4.78 is 34.0. The number of quaternary nitrogens is 1. The summed E-state index contributed by atoms with van der Waals surface area (Å²) in [6.07, 6.45) is 16.8. The van der Waals surface area contributed by atoms with Crippen LogP contribution in [0.4, 0.5) is 0 Å². The maximum atomic E-state index is 9.66. The van der Waals surface area contributed by atoms with Crippen molar-refractivity contribution in [1.82, 2.24) is 0 Å². The topological polar surface area (TPSA) is 66.4 Å². The summed E-state index contributed by atoms with van der Waals surface area (Å²) in [5.41, 5.74) is 0. The normalized spacial score (nSPS) is 12.2. The van der Waals surface area contributed by atoms with Crippen LogP contribution in [0.3, 0.4) is 0 Å². The largest absolute Gasteiger partial charge is 0.726 e. The average molecular weight is 396 g/mol. The lowest BCUT2D eigenvalue weighted by molar-refractivity contribution is -0.870. The van der Waals surface area contributed by atoms with Gasteiger partial charge in [0.25, 0.3) is 0 Å². The van der Waals surface area contributed by atoms with Gasteiger partial charge >= 0.3 is 0 Å². The van der Waals surface area contributed by atoms with Gasteiger partial charge < -0.3 is 9.04 Å². The highest BCUT2D eigenvalue weighted by Crippen LogP contribution is 2.12. The molecule has 6 heteroatoms. The van der Waals surface area contributed by atoms with Gasteiger partial charge in [-0.25, -0.2) is 8.42 Å². The van der Waals surface area contributed by atoms with Crippen LogP contribution in [0.2, 0.25) is 0 Å². The lowest BCUT2D eigenvalue weighted by Gasteiger charge is -2.23. The molecule has 0 fully saturated rings. The molecule has 5 nitrogen and oxygen atoms in total. The second-order valence-corrected chi connectivity index (χ2v) is 9.47. The van der Waals surface area contributed by atoms with Crippen molar-refractivity contribution in [2.24, 2.45) is 0 Å². The third kappa shape index (κ3) is 31.6. The first-order valence-electron chi connectivity index (χ1n) is 10.4. The standard InChI is InChI=1S/C17H38N.C3H8O4S/c1-5-6-7-8-9-10-11-12-13-14-15-16-17-18(2,3)4;1-3(2)7-8(4,5)6/h5-17H2,1-4H3;3H,1-2H3,(H,4,5,6)/q+1;/p-1. The first-order chi connectivity index (χ1) is 12.0. The molecule has 0 amide bonds. The Morgan fingerprint density at radius 3 is 1.35 bits per heavy atom. The Kier molecular flexibility index (Phi) is 18.3. The van der Waals surface area contributed by atoms with E-state index in [2.05, 4.69) is 32.2 Å². The first kappa shape index (κ1) is 28.0. The number of hydrogen-bond donors (Lipinski definition) is 0. The Bertz CT molecular complexity index is 389. The summed E-state index contributed by atoms with van der Waals surface area (Å²) >= 11 is 0. The minimum atomic E-state index is -4.47. The highest BCUT2D eigenvalue weighted by molar-refractivity contribution is 7.80. The van der Waals surface area contributed by atoms with E-state index in [1.807, 2.05) is 0 Å². The van der Waals surface area contributed by atoms with Gasteiger partial charge in [-0.3, -0.25) is 4.18 Å². The van der Waals surface area contributed by atoms with Gasteiger partial charge in [0.1, 0.15) is 0 Å². The lowest BCUT2D eigenvalue weighted by Crippen LogP contribution is -2.35. The van der Waals surface area contributed by atoms with Gasteiger partial charge in [-0.1, -0.05) is 71.1 Å². The molecule has 0 saturated carbocycles. The molecule has 0 radical (unpaired) electrons. The SMILES string of the molecule is CC(C)OS(=O)(=O)[O-].CCCCCCCCCCCCCC[N+](C)(C)C. The quantitative estimate of drug-likeness (QED) is 0.164. The van der Waals surface area contributed by atoms with Gasteiger partial charge in [-0.15, -0.1) is 0 Å². The molecule has 0 aromatic heterocycles. The number of hydrogen-bond acceptors (Lipinski definition) is 4. The van der Waals surface area contributed by atoms with E-state index in [-0.39, 0.29) is 0 Å². The second kappa shape index (κ2) is 17.0. The summed E-state index contributed by atoms with van der Waals surface area (Å²) in [6, 6.07) is 0. The first-order valence-corrected chi connectivity index (χ1v) is 11.8. The fourth-order valence-electron chi connectivity index (χ4n) is 2.66. The molecule has 0 aliphatic heterocycles. The van der Waals surface area contributed by atoms with Gasteiger partial charge in [0.05, 0.1) is 33.8 Å². The van der Waals surface area contributed by atoms with Crippen LogP contribution in [0, 0.1) is 0 Å². The van der Waals surface area contributed by atoms with E-state index in [0.29, 0.717) is 0 Å². The summed E-state index contributed by atoms with van der Waals surface area (Å²) in [6.45, 7) is 6.56. The zero-order valence-corrected chi connectivity index (χ0v) is 19.1. The van der Waals surface area contributed by atoms with Crippen LogP contribution in [-0.4, -0.2) is 51.2 Å². The van der Waals surface area contributed by atoms with Crippen molar-refractivity contribution in [2.75, 3.05) is 27.7 Å². The van der Waals surface area contributed by atoms with Crippen molar-refractivity contribution < 1.29 is 21.6 Å².